The smallest absolute Gasteiger partial charge is 0.242 e. The highest BCUT2D eigenvalue weighted by Gasteiger charge is 2.33. The molecule has 84 valence electrons. The summed E-state index contributed by atoms with van der Waals surface area (Å²) >= 11 is 0. The van der Waals surface area contributed by atoms with Crippen LogP contribution in [0.3, 0.4) is 0 Å². The van der Waals surface area contributed by atoms with Gasteiger partial charge in [0.25, 0.3) is 0 Å². The highest BCUT2D eigenvalue weighted by Crippen LogP contribution is 2.11. The SMILES string of the molecule is CNC(C)(C)C(=O)N1CCOC(C#N)C1. The zero-order valence-corrected chi connectivity index (χ0v) is 9.41. The maximum atomic E-state index is 12.0. The van der Waals surface area contributed by atoms with Crippen LogP contribution in [-0.2, 0) is 9.53 Å². The van der Waals surface area contributed by atoms with Gasteiger partial charge in [0.2, 0.25) is 5.91 Å². The predicted octanol–water partition coefficient (Wildman–Crippen LogP) is -0.265. The molecule has 1 aliphatic heterocycles. The van der Waals surface area contributed by atoms with Crippen LogP contribution in [0, 0.1) is 11.3 Å². The minimum atomic E-state index is -0.586. The summed E-state index contributed by atoms with van der Waals surface area (Å²) in [6.45, 7) is 5.00. The van der Waals surface area contributed by atoms with Crippen molar-refractivity contribution in [2.75, 3.05) is 26.7 Å². The molecule has 1 fully saturated rings. The van der Waals surface area contributed by atoms with Crippen LogP contribution < -0.4 is 5.32 Å². The Morgan fingerprint density at radius 3 is 2.87 bits per heavy atom. The zero-order valence-electron chi connectivity index (χ0n) is 9.41. The number of amides is 1. The van der Waals surface area contributed by atoms with Gasteiger partial charge >= 0.3 is 0 Å². The Labute approximate surface area is 90.0 Å². The second-order valence-corrected chi connectivity index (χ2v) is 4.11. The number of nitriles is 1. The maximum absolute atomic E-state index is 12.0. The third-order valence-electron chi connectivity index (χ3n) is 2.66. The van der Waals surface area contributed by atoms with Crippen LogP contribution in [0.2, 0.25) is 0 Å². The molecule has 1 amide bonds. The van der Waals surface area contributed by atoms with Crippen molar-refractivity contribution in [2.24, 2.45) is 0 Å². The number of carbonyl (C=O) groups is 1. The Balaban J connectivity index is 2.65. The van der Waals surface area contributed by atoms with Crippen molar-refractivity contribution in [2.45, 2.75) is 25.5 Å². The van der Waals surface area contributed by atoms with E-state index >= 15 is 0 Å². The topological polar surface area (TPSA) is 65.4 Å². The lowest BCUT2D eigenvalue weighted by molar-refractivity contribution is -0.142. The zero-order chi connectivity index (χ0) is 11.5. The molecule has 15 heavy (non-hydrogen) atoms. The molecule has 0 bridgehead atoms. The quantitative estimate of drug-likeness (QED) is 0.683. The molecule has 1 saturated heterocycles. The number of nitrogens with zero attached hydrogens (tertiary/aromatic N) is 2. The maximum Gasteiger partial charge on any atom is 0.242 e. The lowest BCUT2D eigenvalue weighted by atomic mass is 10.0. The van der Waals surface area contributed by atoms with Gasteiger partial charge in [-0.3, -0.25) is 4.79 Å². The largest absolute Gasteiger partial charge is 0.360 e. The van der Waals surface area contributed by atoms with Crippen LogP contribution in [0.1, 0.15) is 13.8 Å². The van der Waals surface area contributed by atoms with Gasteiger partial charge in [0.1, 0.15) is 0 Å². The first-order chi connectivity index (χ1) is 7.01. The van der Waals surface area contributed by atoms with E-state index < -0.39 is 11.6 Å². The van der Waals surface area contributed by atoms with E-state index in [0.29, 0.717) is 19.7 Å². The van der Waals surface area contributed by atoms with Gasteiger partial charge in [-0.25, -0.2) is 0 Å². The average molecular weight is 211 g/mol. The molecule has 1 aliphatic rings. The van der Waals surface area contributed by atoms with Crippen molar-refractivity contribution in [3.05, 3.63) is 0 Å². The summed E-state index contributed by atoms with van der Waals surface area (Å²) in [7, 11) is 1.75. The third-order valence-corrected chi connectivity index (χ3v) is 2.66. The molecule has 5 nitrogen and oxygen atoms in total. The average Bonchev–Trinajstić information content (AvgIpc) is 2.28. The Bertz CT molecular complexity index is 283. The predicted molar refractivity (Wildman–Crippen MR) is 55.1 cm³/mol. The van der Waals surface area contributed by atoms with Gasteiger partial charge in [0, 0.05) is 6.54 Å². The summed E-state index contributed by atoms with van der Waals surface area (Å²) in [5.41, 5.74) is -0.586. The molecule has 0 aromatic rings. The van der Waals surface area contributed by atoms with E-state index in [1.165, 1.54) is 0 Å². The fourth-order valence-electron chi connectivity index (χ4n) is 1.41. The molecular formula is C10H17N3O2. The summed E-state index contributed by atoms with van der Waals surface area (Å²) in [5, 5.41) is 11.7. The first kappa shape index (κ1) is 12.0. The Morgan fingerprint density at radius 2 is 2.33 bits per heavy atom. The van der Waals surface area contributed by atoms with Gasteiger partial charge in [-0.2, -0.15) is 5.26 Å². The first-order valence-electron chi connectivity index (χ1n) is 5.01. The van der Waals surface area contributed by atoms with Gasteiger partial charge in [-0.1, -0.05) is 0 Å². The summed E-state index contributed by atoms with van der Waals surface area (Å²) < 4.78 is 5.18. The van der Waals surface area contributed by atoms with Crippen molar-refractivity contribution >= 4 is 5.91 Å². The summed E-state index contributed by atoms with van der Waals surface area (Å²) in [5.74, 6) is 0.00792. The molecule has 1 unspecified atom stereocenters. The van der Waals surface area contributed by atoms with E-state index in [1.807, 2.05) is 19.9 Å². The number of likely N-dealkylation sites (N-methyl/N-ethyl adjacent to an activating group) is 1. The van der Waals surface area contributed by atoms with Crippen molar-refractivity contribution in [1.29, 1.82) is 5.26 Å². The van der Waals surface area contributed by atoms with E-state index in [-0.39, 0.29) is 5.91 Å². The van der Waals surface area contributed by atoms with Crippen molar-refractivity contribution in [1.82, 2.24) is 10.2 Å². The molecule has 0 radical (unpaired) electrons. The van der Waals surface area contributed by atoms with Crippen LogP contribution in [0.15, 0.2) is 0 Å². The Kier molecular flexibility index (Phi) is 3.66. The van der Waals surface area contributed by atoms with Crippen LogP contribution >= 0.6 is 0 Å². The van der Waals surface area contributed by atoms with Crippen molar-refractivity contribution < 1.29 is 9.53 Å². The molecule has 0 aromatic heterocycles. The summed E-state index contributed by atoms with van der Waals surface area (Å²) in [4.78, 5) is 13.7. The third kappa shape index (κ3) is 2.67. The van der Waals surface area contributed by atoms with Gasteiger partial charge in [-0.05, 0) is 20.9 Å². The molecule has 1 N–H and O–H groups in total. The van der Waals surface area contributed by atoms with Crippen molar-refractivity contribution in [3.8, 4) is 6.07 Å². The standard InChI is InChI=1S/C10H17N3O2/c1-10(2,12-3)9(14)13-4-5-15-8(6-11)7-13/h8,12H,4-5,7H2,1-3H3. The number of hydrogen-bond donors (Lipinski definition) is 1. The minimum absolute atomic E-state index is 0.00792. The normalized spacial score (nSPS) is 22.3. The molecule has 0 aromatic carbocycles. The Morgan fingerprint density at radius 1 is 1.67 bits per heavy atom. The van der Waals surface area contributed by atoms with Crippen LogP contribution in [0.25, 0.3) is 0 Å². The molecule has 1 heterocycles. The van der Waals surface area contributed by atoms with Crippen LogP contribution in [-0.4, -0.2) is 49.2 Å². The molecular weight excluding hydrogens is 194 g/mol. The fraction of sp³-hybridized carbons (Fsp3) is 0.800. The minimum Gasteiger partial charge on any atom is -0.360 e. The molecule has 5 heteroatoms. The Hall–Kier alpha value is -1.12. The van der Waals surface area contributed by atoms with Gasteiger partial charge in [0.05, 0.1) is 24.8 Å². The number of morpholine rings is 1. The lowest BCUT2D eigenvalue weighted by Crippen LogP contribution is -2.56. The van der Waals surface area contributed by atoms with Crippen molar-refractivity contribution in [3.63, 3.8) is 0 Å². The van der Waals surface area contributed by atoms with Gasteiger partial charge < -0.3 is 15.0 Å². The molecule has 0 saturated carbocycles. The van der Waals surface area contributed by atoms with E-state index in [0.717, 1.165) is 0 Å². The molecule has 1 rings (SSSR count). The van der Waals surface area contributed by atoms with Gasteiger partial charge in [0.15, 0.2) is 6.10 Å². The highest BCUT2D eigenvalue weighted by molar-refractivity contribution is 5.85. The van der Waals surface area contributed by atoms with E-state index in [2.05, 4.69) is 5.32 Å². The fourth-order valence-corrected chi connectivity index (χ4v) is 1.41. The highest BCUT2D eigenvalue weighted by atomic mass is 16.5. The number of hydrogen-bond acceptors (Lipinski definition) is 4. The second-order valence-electron chi connectivity index (χ2n) is 4.11. The van der Waals surface area contributed by atoms with E-state index in [1.54, 1.807) is 11.9 Å². The summed E-state index contributed by atoms with van der Waals surface area (Å²) in [6, 6.07) is 2.02. The number of nitrogens with one attached hydrogen (secondary N) is 1. The van der Waals surface area contributed by atoms with E-state index in [4.69, 9.17) is 10.00 Å². The second kappa shape index (κ2) is 4.60. The van der Waals surface area contributed by atoms with Crippen LogP contribution in [0.5, 0.6) is 0 Å². The molecule has 1 atom stereocenters. The van der Waals surface area contributed by atoms with Crippen LogP contribution in [0.4, 0.5) is 0 Å². The van der Waals surface area contributed by atoms with E-state index in [9.17, 15) is 4.79 Å². The van der Waals surface area contributed by atoms with Gasteiger partial charge in [-0.15, -0.1) is 0 Å². The summed E-state index contributed by atoms with van der Waals surface area (Å²) in [6.07, 6.45) is -0.490. The first-order valence-corrected chi connectivity index (χ1v) is 5.01. The number of rotatable bonds is 2. The lowest BCUT2D eigenvalue weighted by Gasteiger charge is -2.35. The number of ether oxygens (including phenoxy) is 1. The monoisotopic (exact) mass is 211 g/mol. The number of carbonyl (C=O) groups excluding carboxylic acids is 1. The molecule has 0 aliphatic carbocycles. The molecule has 0 spiro atoms.